The monoisotopic (exact) mass is 236 g/mol. The lowest BCUT2D eigenvalue weighted by molar-refractivity contribution is 0.177. The molecule has 0 aliphatic heterocycles. The maximum atomic E-state index is 6.27. The van der Waals surface area contributed by atoms with Crippen molar-refractivity contribution < 1.29 is 4.74 Å². The molecule has 0 N–H and O–H groups in total. The Morgan fingerprint density at radius 1 is 0.889 bits per heavy atom. The van der Waals surface area contributed by atoms with Crippen molar-refractivity contribution in [2.75, 3.05) is 0 Å². The quantitative estimate of drug-likeness (QED) is 0.711. The summed E-state index contributed by atoms with van der Waals surface area (Å²) in [6, 6.07) is 14.8. The number of allylic oxidation sites excluding steroid dienone is 1. The Labute approximate surface area is 107 Å². The molecule has 3 atom stereocenters. The minimum absolute atomic E-state index is 0.380. The Morgan fingerprint density at radius 3 is 2.61 bits per heavy atom. The van der Waals surface area contributed by atoms with Crippen molar-refractivity contribution in [2.45, 2.75) is 18.9 Å². The van der Waals surface area contributed by atoms with Gasteiger partial charge in [0, 0.05) is 11.3 Å². The third kappa shape index (κ3) is 1.54. The summed E-state index contributed by atoms with van der Waals surface area (Å²) in [6.45, 7) is 0. The zero-order chi connectivity index (χ0) is 11.9. The molecule has 2 aliphatic rings. The predicted molar refractivity (Wildman–Crippen MR) is 73.7 cm³/mol. The second kappa shape index (κ2) is 3.88. The fourth-order valence-electron chi connectivity index (χ4n) is 3.33. The van der Waals surface area contributed by atoms with Gasteiger partial charge >= 0.3 is 0 Å². The van der Waals surface area contributed by atoms with E-state index in [1.165, 1.54) is 23.6 Å². The summed E-state index contributed by atoms with van der Waals surface area (Å²) in [4.78, 5) is 0. The van der Waals surface area contributed by atoms with Gasteiger partial charge in [-0.15, -0.1) is 0 Å². The summed E-state index contributed by atoms with van der Waals surface area (Å²) in [7, 11) is 0. The van der Waals surface area contributed by atoms with Crippen LogP contribution in [0.2, 0.25) is 0 Å². The Hall–Kier alpha value is -1.76. The summed E-state index contributed by atoms with van der Waals surface area (Å²) in [5, 5.41) is 2.49. The second-order valence-corrected chi connectivity index (χ2v) is 5.41. The van der Waals surface area contributed by atoms with Crippen LogP contribution in [-0.2, 0) is 0 Å². The molecular weight excluding hydrogens is 220 g/mol. The van der Waals surface area contributed by atoms with E-state index in [0.29, 0.717) is 12.0 Å². The van der Waals surface area contributed by atoms with Gasteiger partial charge in [-0.3, -0.25) is 0 Å². The van der Waals surface area contributed by atoms with E-state index in [4.69, 9.17) is 4.74 Å². The Bertz CT molecular complexity index is 609. The minimum Gasteiger partial charge on any atom is -0.489 e. The van der Waals surface area contributed by atoms with E-state index in [1.807, 2.05) is 0 Å². The van der Waals surface area contributed by atoms with Crippen LogP contribution in [0.5, 0.6) is 5.75 Å². The molecule has 3 unspecified atom stereocenters. The molecule has 2 aliphatic carbocycles. The molecule has 0 spiro atoms. The fraction of sp³-hybridized carbons (Fsp3) is 0.294. The van der Waals surface area contributed by atoms with Crippen molar-refractivity contribution >= 4 is 10.8 Å². The normalized spacial score (nSPS) is 29.0. The van der Waals surface area contributed by atoms with E-state index in [9.17, 15) is 0 Å². The molecule has 90 valence electrons. The van der Waals surface area contributed by atoms with E-state index in [2.05, 4.69) is 54.6 Å². The SMILES string of the molecule is C1=CC2CC1CC2Oc1cccc2ccccc12. The van der Waals surface area contributed by atoms with Crippen molar-refractivity contribution in [3.05, 3.63) is 54.6 Å². The average molecular weight is 236 g/mol. The first kappa shape index (κ1) is 10.2. The van der Waals surface area contributed by atoms with Gasteiger partial charge in [-0.1, -0.05) is 48.6 Å². The minimum atomic E-state index is 0.380. The number of rotatable bonds is 2. The van der Waals surface area contributed by atoms with Gasteiger partial charge in [0.25, 0.3) is 0 Å². The first-order chi connectivity index (χ1) is 8.90. The van der Waals surface area contributed by atoms with Crippen LogP contribution in [0.25, 0.3) is 10.8 Å². The van der Waals surface area contributed by atoms with E-state index < -0.39 is 0 Å². The van der Waals surface area contributed by atoms with E-state index >= 15 is 0 Å². The number of fused-ring (bicyclic) bond motifs is 3. The van der Waals surface area contributed by atoms with E-state index in [1.54, 1.807) is 0 Å². The lowest BCUT2D eigenvalue weighted by Gasteiger charge is -2.21. The van der Waals surface area contributed by atoms with Crippen molar-refractivity contribution in [1.82, 2.24) is 0 Å². The van der Waals surface area contributed by atoms with E-state index in [-0.39, 0.29) is 0 Å². The molecule has 4 rings (SSSR count). The second-order valence-electron chi connectivity index (χ2n) is 5.41. The van der Waals surface area contributed by atoms with Gasteiger partial charge in [-0.2, -0.15) is 0 Å². The molecule has 1 fully saturated rings. The smallest absolute Gasteiger partial charge is 0.127 e. The molecule has 2 aromatic carbocycles. The number of benzene rings is 2. The molecule has 0 radical (unpaired) electrons. The van der Waals surface area contributed by atoms with Crippen LogP contribution >= 0.6 is 0 Å². The maximum absolute atomic E-state index is 6.27. The third-order valence-electron chi connectivity index (χ3n) is 4.25. The van der Waals surface area contributed by atoms with Gasteiger partial charge in [0.2, 0.25) is 0 Å². The third-order valence-corrected chi connectivity index (χ3v) is 4.25. The molecule has 1 nitrogen and oxygen atoms in total. The van der Waals surface area contributed by atoms with Crippen LogP contribution in [-0.4, -0.2) is 6.10 Å². The number of ether oxygens (including phenoxy) is 1. The van der Waals surface area contributed by atoms with Crippen molar-refractivity contribution in [2.24, 2.45) is 11.8 Å². The summed E-state index contributed by atoms with van der Waals surface area (Å²) in [6.07, 6.45) is 7.54. The summed E-state index contributed by atoms with van der Waals surface area (Å²) < 4.78 is 6.27. The van der Waals surface area contributed by atoms with E-state index in [0.717, 1.165) is 11.7 Å². The molecule has 2 aromatic rings. The zero-order valence-corrected chi connectivity index (χ0v) is 10.3. The molecule has 0 saturated heterocycles. The first-order valence-electron chi connectivity index (χ1n) is 6.73. The van der Waals surface area contributed by atoms with Crippen LogP contribution in [0.4, 0.5) is 0 Å². The zero-order valence-electron chi connectivity index (χ0n) is 10.3. The van der Waals surface area contributed by atoms with Crippen LogP contribution in [0.15, 0.2) is 54.6 Å². The largest absolute Gasteiger partial charge is 0.489 e. The number of hydrogen-bond donors (Lipinski definition) is 0. The van der Waals surface area contributed by atoms with Gasteiger partial charge in [-0.05, 0) is 30.2 Å². The Kier molecular flexibility index (Phi) is 2.19. The fourth-order valence-corrected chi connectivity index (χ4v) is 3.33. The maximum Gasteiger partial charge on any atom is 0.127 e. The van der Waals surface area contributed by atoms with Gasteiger partial charge in [0.1, 0.15) is 11.9 Å². The molecule has 0 heterocycles. The van der Waals surface area contributed by atoms with Crippen molar-refractivity contribution in [1.29, 1.82) is 0 Å². The van der Waals surface area contributed by atoms with Gasteiger partial charge < -0.3 is 4.74 Å². The van der Waals surface area contributed by atoms with Crippen LogP contribution in [0, 0.1) is 11.8 Å². The summed E-state index contributed by atoms with van der Waals surface area (Å²) in [5.74, 6) is 2.43. The molecule has 1 heteroatoms. The Balaban J connectivity index is 1.69. The highest BCUT2D eigenvalue weighted by atomic mass is 16.5. The predicted octanol–water partition coefficient (Wildman–Crippen LogP) is 4.18. The lowest BCUT2D eigenvalue weighted by atomic mass is 10.0. The first-order valence-corrected chi connectivity index (χ1v) is 6.73. The van der Waals surface area contributed by atoms with Crippen LogP contribution < -0.4 is 4.74 Å². The van der Waals surface area contributed by atoms with Gasteiger partial charge in [0.15, 0.2) is 0 Å². The lowest BCUT2D eigenvalue weighted by Crippen LogP contribution is -2.21. The highest BCUT2D eigenvalue weighted by Crippen LogP contribution is 2.41. The molecule has 0 amide bonds. The van der Waals surface area contributed by atoms with Crippen molar-refractivity contribution in [3.8, 4) is 5.75 Å². The molecule has 1 saturated carbocycles. The Morgan fingerprint density at radius 2 is 1.78 bits per heavy atom. The van der Waals surface area contributed by atoms with Gasteiger partial charge in [-0.25, -0.2) is 0 Å². The topological polar surface area (TPSA) is 9.23 Å². The average Bonchev–Trinajstić information content (AvgIpc) is 3.01. The molecule has 2 bridgehead atoms. The highest BCUT2D eigenvalue weighted by molar-refractivity contribution is 5.88. The molecule has 0 aromatic heterocycles. The number of hydrogen-bond acceptors (Lipinski definition) is 1. The summed E-state index contributed by atoms with van der Waals surface area (Å²) >= 11 is 0. The summed E-state index contributed by atoms with van der Waals surface area (Å²) in [5.41, 5.74) is 0. The highest BCUT2D eigenvalue weighted by Gasteiger charge is 2.37. The van der Waals surface area contributed by atoms with Crippen LogP contribution in [0.3, 0.4) is 0 Å². The molecule has 18 heavy (non-hydrogen) atoms. The molecular formula is C17H16O. The van der Waals surface area contributed by atoms with Crippen LogP contribution in [0.1, 0.15) is 12.8 Å². The van der Waals surface area contributed by atoms with Crippen molar-refractivity contribution in [3.63, 3.8) is 0 Å². The van der Waals surface area contributed by atoms with Gasteiger partial charge in [0.05, 0.1) is 0 Å². The standard InChI is InChI=1S/C17H16O/c1-2-6-15-13(4-1)5-3-7-16(15)18-17-11-12-8-9-14(17)10-12/h1-9,12,14,17H,10-11H2.